The molecule has 0 spiro atoms. The molecule has 2 heterocycles. The normalized spacial score (nSPS) is 11.8. The number of benzene rings is 1. The van der Waals surface area contributed by atoms with Crippen LogP contribution < -0.4 is 5.56 Å². The van der Waals surface area contributed by atoms with Gasteiger partial charge in [-0.05, 0) is 23.1 Å². The van der Waals surface area contributed by atoms with Crippen LogP contribution >= 0.6 is 0 Å². The summed E-state index contributed by atoms with van der Waals surface area (Å²) in [6.07, 6.45) is 3.63. The molecular formula is C16H16N4O2. The van der Waals surface area contributed by atoms with E-state index in [4.69, 9.17) is 0 Å². The Kier molecular flexibility index (Phi) is 3.16. The number of aromatic amines is 1. The highest BCUT2D eigenvalue weighted by atomic mass is 16.1. The zero-order valence-corrected chi connectivity index (χ0v) is 12.6. The van der Waals surface area contributed by atoms with Gasteiger partial charge in [0.15, 0.2) is 6.29 Å². The van der Waals surface area contributed by atoms with Crippen LogP contribution in [0, 0.1) is 0 Å². The molecule has 0 atom stereocenters. The van der Waals surface area contributed by atoms with Crippen LogP contribution in [0.25, 0.3) is 16.9 Å². The lowest BCUT2D eigenvalue weighted by molar-refractivity contribution is 0.112. The molecule has 0 aliphatic carbocycles. The third-order valence-electron chi connectivity index (χ3n) is 3.52. The molecule has 22 heavy (non-hydrogen) atoms. The molecule has 6 nitrogen and oxygen atoms in total. The highest BCUT2D eigenvalue weighted by Gasteiger charge is 2.15. The van der Waals surface area contributed by atoms with E-state index < -0.39 is 0 Å². The highest BCUT2D eigenvalue weighted by molar-refractivity contribution is 5.79. The van der Waals surface area contributed by atoms with Gasteiger partial charge in [-0.1, -0.05) is 26.8 Å². The molecule has 3 rings (SSSR count). The van der Waals surface area contributed by atoms with Gasteiger partial charge in [0.25, 0.3) is 5.56 Å². The number of carbonyl (C=O) groups is 1. The number of nitrogens with zero attached hydrogens (tertiary/aromatic N) is 3. The van der Waals surface area contributed by atoms with Crippen molar-refractivity contribution < 1.29 is 4.79 Å². The molecule has 1 aromatic carbocycles. The van der Waals surface area contributed by atoms with Gasteiger partial charge in [-0.3, -0.25) is 14.6 Å². The number of H-pyrrole nitrogens is 1. The van der Waals surface area contributed by atoms with Crippen LogP contribution in [0.3, 0.4) is 0 Å². The van der Waals surface area contributed by atoms with Crippen molar-refractivity contribution in [3.63, 3.8) is 0 Å². The van der Waals surface area contributed by atoms with E-state index in [1.807, 2.05) is 12.1 Å². The summed E-state index contributed by atoms with van der Waals surface area (Å²) < 4.78 is 1.38. The van der Waals surface area contributed by atoms with E-state index in [1.165, 1.54) is 17.1 Å². The molecule has 0 saturated heterocycles. The molecule has 1 N–H and O–H groups in total. The molecule has 6 heteroatoms. The van der Waals surface area contributed by atoms with Crippen LogP contribution in [0.1, 0.15) is 36.7 Å². The van der Waals surface area contributed by atoms with Crippen LogP contribution in [-0.4, -0.2) is 26.0 Å². The van der Waals surface area contributed by atoms with Crippen LogP contribution in [0.2, 0.25) is 0 Å². The van der Waals surface area contributed by atoms with E-state index in [9.17, 15) is 9.59 Å². The Balaban J connectivity index is 2.21. The third kappa shape index (κ3) is 2.43. The predicted octanol–water partition coefficient (Wildman–Crippen LogP) is 2.22. The van der Waals surface area contributed by atoms with E-state index in [1.54, 1.807) is 6.07 Å². The fourth-order valence-electron chi connectivity index (χ4n) is 2.22. The maximum absolute atomic E-state index is 12.2. The molecule has 2 aromatic heterocycles. The van der Waals surface area contributed by atoms with Crippen molar-refractivity contribution >= 4 is 17.2 Å². The number of rotatable bonds is 2. The Morgan fingerprint density at radius 3 is 2.68 bits per heavy atom. The molecule has 0 aliphatic heterocycles. The number of aromatic nitrogens is 4. The summed E-state index contributed by atoms with van der Waals surface area (Å²) in [5, 5.41) is 4.56. The maximum atomic E-state index is 12.2. The first-order valence-electron chi connectivity index (χ1n) is 6.93. The number of aldehydes is 1. The molecule has 0 unspecified atom stereocenters. The van der Waals surface area contributed by atoms with E-state index in [0.29, 0.717) is 22.8 Å². The number of hydrogen-bond acceptors (Lipinski definition) is 4. The van der Waals surface area contributed by atoms with Crippen LogP contribution in [0.5, 0.6) is 0 Å². The zero-order valence-electron chi connectivity index (χ0n) is 12.6. The van der Waals surface area contributed by atoms with E-state index in [2.05, 4.69) is 35.8 Å². The minimum Gasteiger partial charge on any atom is -0.298 e. The summed E-state index contributed by atoms with van der Waals surface area (Å²) in [6.45, 7) is 6.31. The summed E-state index contributed by atoms with van der Waals surface area (Å²) in [6, 6.07) is 5.64. The molecule has 0 radical (unpaired) electrons. The second-order valence-corrected chi connectivity index (χ2v) is 6.21. The van der Waals surface area contributed by atoms with Gasteiger partial charge >= 0.3 is 0 Å². The van der Waals surface area contributed by atoms with E-state index >= 15 is 0 Å². The van der Waals surface area contributed by atoms with Gasteiger partial charge in [0.1, 0.15) is 0 Å². The molecule has 0 aliphatic rings. The van der Waals surface area contributed by atoms with Crippen LogP contribution in [0.4, 0.5) is 0 Å². The molecule has 3 aromatic rings. The Labute approximate surface area is 126 Å². The van der Waals surface area contributed by atoms with Crippen molar-refractivity contribution in [2.24, 2.45) is 0 Å². The van der Waals surface area contributed by atoms with Crippen molar-refractivity contribution in [3.05, 3.63) is 52.1 Å². The average molecular weight is 296 g/mol. The molecule has 112 valence electrons. The highest BCUT2D eigenvalue weighted by Crippen LogP contribution is 2.24. The lowest BCUT2D eigenvalue weighted by atomic mass is 9.87. The molecule has 0 saturated carbocycles. The van der Waals surface area contributed by atoms with Crippen molar-refractivity contribution in [3.8, 4) is 5.95 Å². The summed E-state index contributed by atoms with van der Waals surface area (Å²) >= 11 is 0. The zero-order chi connectivity index (χ0) is 15.9. The largest absolute Gasteiger partial charge is 0.298 e. The van der Waals surface area contributed by atoms with Crippen molar-refractivity contribution in [1.82, 2.24) is 19.7 Å². The quantitative estimate of drug-likeness (QED) is 0.735. The molecule has 0 amide bonds. The lowest BCUT2D eigenvalue weighted by Crippen LogP contribution is -2.16. The van der Waals surface area contributed by atoms with Crippen LogP contribution in [-0.2, 0) is 5.41 Å². The van der Waals surface area contributed by atoms with Gasteiger partial charge in [-0.25, -0.2) is 9.67 Å². The van der Waals surface area contributed by atoms with E-state index in [-0.39, 0.29) is 16.9 Å². The summed E-state index contributed by atoms with van der Waals surface area (Å²) in [7, 11) is 0. The Bertz CT molecular complexity index is 916. The monoisotopic (exact) mass is 296 g/mol. The fourth-order valence-corrected chi connectivity index (χ4v) is 2.22. The van der Waals surface area contributed by atoms with Gasteiger partial charge in [0.05, 0.1) is 22.7 Å². The van der Waals surface area contributed by atoms with E-state index in [0.717, 1.165) is 5.56 Å². The molecular weight excluding hydrogens is 280 g/mol. The number of hydrogen-bond donors (Lipinski definition) is 1. The molecule has 0 fully saturated rings. The second kappa shape index (κ2) is 4.91. The summed E-state index contributed by atoms with van der Waals surface area (Å²) in [5.74, 6) is 0.289. The summed E-state index contributed by atoms with van der Waals surface area (Å²) in [4.78, 5) is 30.1. The van der Waals surface area contributed by atoms with Crippen molar-refractivity contribution in [2.45, 2.75) is 26.2 Å². The Morgan fingerprint density at radius 1 is 1.27 bits per heavy atom. The third-order valence-corrected chi connectivity index (χ3v) is 3.52. The first kappa shape index (κ1) is 14.2. The maximum Gasteiger partial charge on any atom is 0.260 e. The number of fused-ring (bicyclic) bond motifs is 1. The van der Waals surface area contributed by atoms with Gasteiger partial charge < -0.3 is 0 Å². The van der Waals surface area contributed by atoms with Crippen LogP contribution in [0.15, 0.2) is 35.4 Å². The average Bonchev–Trinajstić information content (AvgIpc) is 2.94. The Morgan fingerprint density at radius 2 is 2.05 bits per heavy atom. The minimum absolute atomic E-state index is 0.0327. The van der Waals surface area contributed by atoms with Gasteiger partial charge in [0, 0.05) is 6.20 Å². The first-order valence-corrected chi connectivity index (χ1v) is 6.93. The standard InChI is InChI=1S/C16H16N4O2/c1-16(2,3)11-4-5-12-13(6-11)18-15(19-14(12)22)20-8-10(9-21)7-17-20/h4-9H,1-3H3,(H,18,19,22). The lowest BCUT2D eigenvalue weighted by Gasteiger charge is -2.19. The summed E-state index contributed by atoms with van der Waals surface area (Å²) in [5.41, 5.74) is 1.86. The molecule has 0 bridgehead atoms. The smallest absolute Gasteiger partial charge is 0.260 e. The van der Waals surface area contributed by atoms with Gasteiger partial charge in [0.2, 0.25) is 5.95 Å². The predicted molar refractivity (Wildman–Crippen MR) is 83.6 cm³/mol. The van der Waals surface area contributed by atoms with Gasteiger partial charge in [-0.15, -0.1) is 0 Å². The second-order valence-electron chi connectivity index (χ2n) is 6.21. The number of nitrogens with one attached hydrogen (secondary N) is 1. The van der Waals surface area contributed by atoms with Gasteiger partial charge in [-0.2, -0.15) is 5.10 Å². The fraction of sp³-hybridized carbons (Fsp3) is 0.250. The van der Waals surface area contributed by atoms with Crippen molar-refractivity contribution in [2.75, 3.05) is 0 Å². The number of carbonyl (C=O) groups excluding carboxylic acids is 1. The Hall–Kier alpha value is -2.76. The van der Waals surface area contributed by atoms with Crippen molar-refractivity contribution in [1.29, 1.82) is 0 Å². The minimum atomic E-state index is -0.233. The SMILES string of the molecule is CC(C)(C)c1ccc2c(=O)[nH]c(-n3cc(C=O)cn3)nc2c1. The first-order chi connectivity index (χ1) is 10.4. The topological polar surface area (TPSA) is 80.6 Å².